The van der Waals surface area contributed by atoms with E-state index in [0.29, 0.717) is 28.7 Å². The minimum Gasteiger partial charge on any atom is -0.483 e. The number of primary amides is 1. The molecule has 0 unspecified atom stereocenters. The lowest BCUT2D eigenvalue weighted by molar-refractivity contribution is -0.118. The van der Waals surface area contributed by atoms with E-state index in [9.17, 15) is 9.59 Å². The predicted octanol–water partition coefficient (Wildman–Crippen LogP) is 4.17. The number of amides is 2. The topological polar surface area (TPSA) is 81.4 Å². The molecule has 0 aliphatic rings. The van der Waals surface area contributed by atoms with Crippen molar-refractivity contribution in [3.05, 3.63) is 45.3 Å². The van der Waals surface area contributed by atoms with E-state index >= 15 is 0 Å². The number of aryl methyl sites for hydroxylation is 2. The molecule has 0 bridgehead atoms. The number of nitrogens with two attached hydrogens (primary N) is 1. The SMILES string of the molecule is CCc1c(C)sc(NC(=O)COc2cc(C)ccc2C(C)C)c1C(N)=O. The first-order chi connectivity index (χ1) is 12.2. The van der Waals surface area contributed by atoms with Crippen molar-refractivity contribution in [1.82, 2.24) is 0 Å². The molecule has 0 aliphatic heterocycles. The van der Waals surface area contributed by atoms with Gasteiger partial charge < -0.3 is 15.8 Å². The minimum absolute atomic E-state index is 0.125. The van der Waals surface area contributed by atoms with E-state index in [4.69, 9.17) is 10.5 Å². The molecule has 0 fully saturated rings. The van der Waals surface area contributed by atoms with Gasteiger partial charge in [-0.05, 0) is 48.9 Å². The second kappa shape index (κ2) is 8.36. The molecule has 6 heteroatoms. The average Bonchev–Trinajstić information content (AvgIpc) is 2.87. The fourth-order valence-corrected chi connectivity index (χ4v) is 4.07. The quantitative estimate of drug-likeness (QED) is 0.763. The molecule has 2 rings (SSSR count). The van der Waals surface area contributed by atoms with Crippen molar-refractivity contribution in [2.45, 2.75) is 47.0 Å². The van der Waals surface area contributed by atoms with E-state index in [-0.39, 0.29) is 12.5 Å². The number of carbonyl (C=O) groups excluding carboxylic acids is 2. The summed E-state index contributed by atoms with van der Waals surface area (Å²) in [6, 6.07) is 5.98. The third-order valence-corrected chi connectivity index (χ3v) is 5.27. The van der Waals surface area contributed by atoms with Gasteiger partial charge in [0.1, 0.15) is 10.8 Å². The van der Waals surface area contributed by atoms with Crippen LogP contribution in [0.2, 0.25) is 0 Å². The Morgan fingerprint density at radius 3 is 2.54 bits per heavy atom. The Bertz CT molecular complexity index is 825. The highest BCUT2D eigenvalue weighted by Crippen LogP contribution is 2.33. The fourth-order valence-electron chi connectivity index (χ4n) is 2.90. The number of anilines is 1. The number of nitrogens with one attached hydrogen (secondary N) is 1. The summed E-state index contributed by atoms with van der Waals surface area (Å²) in [4.78, 5) is 25.1. The van der Waals surface area contributed by atoms with Crippen molar-refractivity contribution in [3.63, 3.8) is 0 Å². The molecule has 0 saturated heterocycles. The van der Waals surface area contributed by atoms with E-state index in [1.807, 2.05) is 39.0 Å². The Hall–Kier alpha value is -2.34. The Balaban J connectivity index is 2.14. The summed E-state index contributed by atoms with van der Waals surface area (Å²) >= 11 is 1.37. The second-order valence-corrected chi connectivity index (χ2v) is 7.82. The van der Waals surface area contributed by atoms with Gasteiger partial charge in [-0.25, -0.2) is 0 Å². The van der Waals surface area contributed by atoms with Crippen LogP contribution in [0.25, 0.3) is 0 Å². The van der Waals surface area contributed by atoms with Crippen LogP contribution in [0.4, 0.5) is 5.00 Å². The lowest BCUT2D eigenvalue weighted by Gasteiger charge is -2.14. The van der Waals surface area contributed by atoms with E-state index in [2.05, 4.69) is 19.2 Å². The normalized spacial score (nSPS) is 10.8. The van der Waals surface area contributed by atoms with E-state index in [1.165, 1.54) is 11.3 Å². The summed E-state index contributed by atoms with van der Waals surface area (Å²) in [6.45, 7) is 9.90. The summed E-state index contributed by atoms with van der Waals surface area (Å²) in [6.07, 6.45) is 0.689. The highest BCUT2D eigenvalue weighted by atomic mass is 32.1. The standard InChI is InChI=1S/C20H26N2O3S/c1-6-14-13(5)26-20(18(14)19(21)24)22-17(23)10-25-16-9-12(4)7-8-15(16)11(2)3/h7-9,11H,6,10H2,1-5H3,(H2,21,24)(H,22,23). The van der Waals surface area contributed by atoms with Crippen LogP contribution in [0.1, 0.15) is 58.6 Å². The predicted molar refractivity (Wildman–Crippen MR) is 106 cm³/mol. The maximum atomic E-state index is 12.4. The Labute approximate surface area is 158 Å². The molecule has 0 atom stereocenters. The van der Waals surface area contributed by atoms with Crippen molar-refractivity contribution in [1.29, 1.82) is 0 Å². The minimum atomic E-state index is -0.525. The van der Waals surface area contributed by atoms with Crippen LogP contribution in [-0.2, 0) is 11.2 Å². The summed E-state index contributed by atoms with van der Waals surface area (Å²) in [5.74, 6) is 0.167. The molecule has 1 aromatic heterocycles. The summed E-state index contributed by atoms with van der Waals surface area (Å²) in [5.41, 5.74) is 8.92. The maximum absolute atomic E-state index is 12.4. The number of hydrogen-bond donors (Lipinski definition) is 2. The number of benzene rings is 1. The smallest absolute Gasteiger partial charge is 0.262 e. The molecule has 0 spiro atoms. The molecule has 5 nitrogen and oxygen atoms in total. The van der Waals surface area contributed by atoms with Crippen LogP contribution in [0.3, 0.4) is 0 Å². The van der Waals surface area contributed by atoms with Gasteiger partial charge in [-0.2, -0.15) is 0 Å². The molecule has 3 N–H and O–H groups in total. The molecular formula is C20H26N2O3S. The molecule has 1 aromatic carbocycles. The van der Waals surface area contributed by atoms with Crippen LogP contribution >= 0.6 is 11.3 Å². The number of rotatable bonds is 7. The number of ether oxygens (including phenoxy) is 1. The van der Waals surface area contributed by atoms with Crippen molar-refractivity contribution < 1.29 is 14.3 Å². The van der Waals surface area contributed by atoms with Crippen molar-refractivity contribution in [3.8, 4) is 5.75 Å². The maximum Gasteiger partial charge on any atom is 0.262 e. The zero-order chi connectivity index (χ0) is 19.4. The van der Waals surface area contributed by atoms with Gasteiger partial charge in [-0.15, -0.1) is 11.3 Å². The average molecular weight is 375 g/mol. The van der Waals surface area contributed by atoms with Gasteiger partial charge in [-0.3, -0.25) is 9.59 Å². The first-order valence-corrected chi connectivity index (χ1v) is 9.51. The lowest BCUT2D eigenvalue weighted by Crippen LogP contribution is -2.22. The second-order valence-electron chi connectivity index (χ2n) is 6.59. The Morgan fingerprint density at radius 2 is 1.96 bits per heavy atom. The summed E-state index contributed by atoms with van der Waals surface area (Å²) < 4.78 is 5.75. The van der Waals surface area contributed by atoms with E-state index in [0.717, 1.165) is 21.6 Å². The zero-order valence-corrected chi connectivity index (χ0v) is 16.8. The fraction of sp³-hybridized carbons (Fsp3) is 0.400. The molecule has 2 aromatic rings. The van der Waals surface area contributed by atoms with E-state index < -0.39 is 5.91 Å². The summed E-state index contributed by atoms with van der Waals surface area (Å²) in [7, 11) is 0. The van der Waals surface area contributed by atoms with Crippen LogP contribution < -0.4 is 15.8 Å². The zero-order valence-electron chi connectivity index (χ0n) is 15.9. The van der Waals surface area contributed by atoms with Crippen LogP contribution in [-0.4, -0.2) is 18.4 Å². The van der Waals surface area contributed by atoms with Crippen LogP contribution in [0.5, 0.6) is 5.75 Å². The number of hydrogen-bond acceptors (Lipinski definition) is 4. The first-order valence-electron chi connectivity index (χ1n) is 8.69. The molecule has 0 aliphatic carbocycles. The van der Waals surface area contributed by atoms with Crippen LogP contribution in [0, 0.1) is 13.8 Å². The van der Waals surface area contributed by atoms with Gasteiger partial charge in [0.2, 0.25) is 0 Å². The first kappa shape index (κ1) is 20.0. The Morgan fingerprint density at radius 1 is 1.27 bits per heavy atom. The van der Waals surface area contributed by atoms with Crippen LogP contribution in [0.15, 0.2) is 18.2 Å². The molecule has 0 saturated carbocycles. The number of carbonyl (C=O) groups is 2. The van der Waals surface area contributed by atoms with E-state index in [1.54, 1.807) is 0 Å². The van der Waals surface area contributed by atoms with Gasteiger partial charge >= 0.3 is 0 Å². The van der Waals surface area contributed by atoms with Crippen molar-refractivity contribution in [2.75, 3.05) is 11.9 Å². The third-order valence-electron chi connectivity index (χ3n) is 4.21. The van der Waals surface area contributed by atoms with Gasteiger partial charge in [0.25, 0.3) is 11.8 Å². The summed E-state index contributed by atoms with van der Waals surface area (Å²) in [5, 5.41) is 3.27. The molecule has 26 heavy (non-hydrogen) atoms. The third kappa shape index (κ3) is 4.43. The largest absolute Gasteiger partial charge is 0.483 e. The van der Waals surface area contributed by atoms with Gasteiger partial charge in [0.05, 0.1) is 5.56 Å². The highest BCUT2D eigenvalue weighted by molar-refractivity contribution is 7.16. The Kier molecular flexibility index (Phi) is 6.42. The number of thiophene rings is 1. The van der Waals surface area contributed by atoms with Crippen molar-refractivity contribution in [2.24, 2.45) is 5.73 Å². The van der Waals surface area contributed by atoms with Crippen molar-refractivity contribution >= 4 is 28.2 Å². The van der Waals surface area contributed by atoms with Gasteiger partial charge in [0.15, 0.2) is 6.61 Å². The molecular weight excluding hydrogens is 348 g/mol. The van der Waals surface area contributed by atoms with Gasteiger partial charge in [0, 0.05) is 4.88 Å². The van der Waals surface area contributed by atoms with Gasteiger partial charge in [-0.1, -0.05) is 32.9 Å². The molecule has 1 heterocycles. The molecule has 140 valence electrons. The highest BCUT2D eigenvalue weighted by Gasteiger charge is 2.20. The molecule has 2 amide bonds. The monoisotopic (exact) mass is 374 g/mol. The molecule has 0 radical (unpaired) electrons. The lowest BCUT2D eigenvalue weighted by atomic mass is 10.0.